The molecule has 0 saturated heterocycles. The van der Waals surface area contributed by atoms with Gasteiger partial charge < -0.3 is 5.73 Å². The summed E-state index contributed by atoms with van der Waals surface area (Å²) in [7, 11) is 0. The molecule has 0 aliphatic rings. The summed E-state index contributed by atoms with van der Waals surface area (Å²) in [6.45, 7) is 7.23. The quantitative estimate of drug-likeness (QED) is 0.754. The third kappa shape index (κ3) is 2.31. The van der Waals surface area contributed by atoms with Gasteiger partial charge in [0.25, 0.3) is 0 Å². The van der Waals surface area contributed by atoms with E-state index in [1.54, 1.807) is 0 Å². The molecule has 1 rings (SSSR count). The van der Waals surface area contributed by atoms with E-state index in [2.05, 4.69) is 39.0 Å². The van der Waals surface area contributed by atoms with Crippen LogP contribution in [0.2, 0.25) is 0 Å². The van der Waals surface area contributed by atoms with Crippen LogP contribution in [0.25, 0.3) is 0 Å². The molecule has 0 amide bonds. The highest BCUT2D eigenvalue weighted by Crippen LogP contribution is 2.23. The number of nitrogens with two attached hydrogens (primary N) is 1. The molecule has 2 N–H and O–H groups in total. The maximum atomic E-state index is 5.71. The van der Waals surface area contributed by atoms with Crippen molar-refractivity contribution in [1.82, 2.24) is 0 Å². The number of benzene rings is 1. The first-order valence-corrected chi connectivity index (χ1v) is 4.98. The van der Waals surface area contributed by atoms with Crippen LogP contribution in [0.5, 0.6) is 0 Å². The predicted molar refractivity (Wildman–Crippen MR) is 57.8 cm³/mol. The van der Waals surface area contributed by atoms with Crippen molar-refractivity contribution in [2.24, 2.45) is 5.73 Å². The fraction of sp³-hybridized carbons (Fsp3) is 0.500. The molecule has 13 heavy (non-hydrogen) atoms. The summed E-state index contributed by atoms with van der Waals surface area (Å²) in [5.74, 6) is 0.624. The zero-order chi connectivity index (χ0) is 9.84. The molecular formula is C12H19N. The molecule has 1 heteroatoms. The second-order valence-electron chi connectivity index (χ2n) is 3.72. The van der Waals surface area contributed by atoms with Gasteiger partial charge >= 0.3 is 0 Å². The Bertz CT molecular complexity index is 278. The molecule has 72 valence electrons. The fourth-order valence-corrected chi connectivity index (χ4v) is 1.61. The Labute approximate surface area is 81.0 Å². The summed E-state index contributed by atoms with van der Waals surface area (Å²) < 4.78 is 0. The molecule has 1 atom stereocenters. The standard InChI is InChI=1S/C12H19N/c1-4-10(3)12-6-5-9(2)7-11(12)8-13/h5-7,10H,4,8,13H2,1-3H3. The Morgan fingerprint density at radius 3 is 2.62 bits per heavy atom. The molecule has 1 aromatic rings. The zero-order valence-electron chi connectivity index (χ0n) is 8.80. The van der Waals surface area contributed by atoms with Gasteiger partial charge in [-0.2, -0.15) is 0 Å². The normalized spacial score (nSPS) is 12.9. The van der Waals surface area contributed by atoms with Crippen molar-refractivity contribution in [2.45, 2.75) is 39.7 Å². The van der Waals surface area contributed by atoms with Crippen molar-refractivity contribution in [2.75, 3.05) is 0 Å². The lowest BCUT2D eigenvalue weighted by Crippen LogP contribution is -2.04. The van der Waals surface area contributed by atoms with Crippen LogP contribution in [-0.4, -0.2) is 0 Å². The van der Waals surface area contributed by atoms with Gasteiger partial charge in [-0.05, 0) is 30.4 Å². The Kier molecular flexibility index (Phi) is 3.49. The highest BCUT2D eigenvalue weighted by Gasteiger charge is 2.07. The molecule has 0 aromatic heterocycles. The van der Waals surface area contributed by atoms with Gasteiger partial charge in [0.2, 0.25) is 0 Å². The lowest BCUT2D eigenvalue weighted by Gasteiger charge is -2.14. The van der Waals surface area contributed by atoms with Crippen LogP contribution in [0.4, 0.5) is 0 Å². The summed E-state index contributed by atoms with van der Waals surface area (Å²) >= 11 is 0. The van der Waals surface area contributed by atoms with Gasteiger partial charge in [-0.15, -0.1) is 0 Å². The Morgan fingerprint density at radius 1 is 1.38 bits per heavy atom. The minimum absolute atomic E-state index is 0.624. The van der Waals surface area contributed by atoms with Gasteiger partial charge in [0, 0.05) is 6.54 Å². The smallest absolute Gasteiger partial charge is 0.0181 e. The first-order chi connectivity index (χ1) is 6.19. The Hall–Kier alpha value is -0.820. The third-order valence-electron chi connectivity index (χ3n) is 2.66. The van der Waals surface area contributed by atoms with Gasteiger partial charge in [-0.25, -0.2) is 0 Å². The minimum Gasteiger partial charge on any atom is -0.326 e. The monoisotopic (exact) mass is 177 g/mol. The molecule has 1 aromatic carbocycles. The second kappa shape index (κ2) is 4.43. The van der Waals surface area contributed by atoms with Gasteiger partial charge in [0.15, 0.2) is 0 Å². The van der Waals surface area contributed by atoms with Crippen molar-refractivity contribution in [3.63, 3.8) is 0 Å². The van der Waals surface area contributed by atoms with Crippen LogP contribution < -0.4 is 5.73 Å². The largest absolute Gasteiger partial charge is 0.326 e. The molecule has 0 heterocycles. The van der Waals surface area contributed by atoms with E-state index in [1.807, 2.05) is 0 Å². The highest BCUT2D eigenvalue weighted by molar-refractivity contribution is 5.33. The van der Waals surface area contributed by atoms with Gasteiger partial charge in [-0.1, -0.05) is 37.6 Å². The molecule has 0 spiro atoms. The predicted octanol–water partition coefficient (Wildman–Crippen LogP) is 2.97. The van der Waals surface area contributed by atoms with E-state index in [9.17, 15) is 0 Å². The lowest BCUT2D eigenvalue weighted by atomic mass is 9.92. The molecule has 0 bridgehead atoms. The minimum atomic E-state index is 0.624. The van der Waals surface area contributed by atoms with Crippen LogP contribution in [0.3, 0.4) is 0 Å². The summed E-state index contributed by atoms with van der Waals surface area (Å²) in [6.07, 6.45) is 1.18. The van der Waals surface area contributed by atoms with Crippen LogP contribution >= 0.6 is 0 Å². The first-order valence-electron chi connectivity index (χ1n) is 4.98. The average Bonchev–Trinajstić information content (AvgIpc) is 2.16. The molecular weight excluding hydrogens is 158 g/mol. The van der Waals surface area contributed by atoms with Crippen LogP contribution in [0, 0.1) is 6.92 Å². The summed E-state index contributed by atoms with van der Waals surface area (Å²) in [4.78, 5) is 0. The molecule has 0 aliphatic heterocycles. The Balaban J connectivity index is 3.05. The van der Waals surface area contributed by atoms with E-state index in [0.29, 0.717) is 12.5 Å². The zero-order valence-corrected chi connectivity index (χ0v) is 8.80. The van der Waals surface area contributed by atoms with Gasteiger partial charge in [0.05, 0.1) is 0 Å². The average molecular weight is 177 g/mol. The number of hydrogen-bond acceptors (Lipinski definition) is 1. The van der Waals surface area contributed by atoms with Gasteiger partial charge in [-0.3, -0.25) is 0 Å². The van der Waals surface area contributed by atoms with E-state index in [1.165, 1.54) is 23.1 Å². The molecule has 0 fully saturated rings. The molecule has 1 unspecified atom stereocenters. The van der Waals surface area contributed by atoms with E-state index < -0.39 is 0 Å². The number of aryl methyl sites for hydroxylation is 1. The fourth-order valence-electron chi connectivity index (χ4n) is 1.61. The van der Waals surface area contributed by atoms with E-state index in [-0.39, 0.29) is 0 Å². The van der Waals surface area contributed by atoms with E-state index >= 15 is 0 Å². The molecule has 1 nitrogen and oxygen atoms in total. The summed E-state index contributed by atoms with van der Waals surface area (Å²) in [5, 5.41) is 0. The topological polar surface area (TPSA) is 26.0 Å². The lowest BCUT2D eigenvalue weighted by molar-refractivity contribution is 0.721. The van der Waals surface area contributed by atoms with E-state index in [4.69, 9.17) is 5.73 Å². The van der Waals surface area contributed by atoms with Crippen molar-refractivity contribution < 1.29 is 0 Å². The third-order valence-corrected chi connectivity index (χ3v) is 2.66. The second-order valence-corrected chi connectivity index (χ2v) is 3.72. The SMILES string of the molecule is CCC(C)c1ccc(C)cc1CN. The van der Waals surface area contributed by atoms with Crippen molar-refractivity contribution in [3.05, 3.63) is 34.9 Å². The van der Waals surface area contributed by atoms with Crippen LogP contribution in [0.15, 0.2) is 18.2 Å². The molecule has 0 aliphatic carbocycles. The first kappa shape index (κ1) is 10.3. The maximum absolute atomic E-state index is 5.71. The van der Waals surface area contributed by atoms with Crippen molar-refractivity contribution >= 4 is 0 Å². The van der Waals surface area contributed by atoms with Crippen molar-refractivity contribution in [1.29, 1.82) is 0 Å². The van der Waals surface area contributed by atoms with Crippen LogP contribution in [0.1, 0.15) is 42.9 Å². The highest BCUT2D eigenvalue weighted by atomic mass is 14.5. The van der Waals surface area contributed by atoms with Gasteiger partial charge in [0.1, 0.15) is 0 Å². The summed E-state index contributed by atoms with van der Waals surface area (Å²) in [5.41, 5.74) is 9.72. The molecule has 0 saturated carbocycles. The number of hydrogen-bond donors (Lipinski definition) is 1. The summed E-state index contributed by atoms with van der Waals surface area (Å²) in [6, 6.07) is 6.58. The Morgan fingerprint density at radius 2 is 2.08 bits per heavy atom. The molecule has 0 radical (unpaired) electrons. The van der Waals surface area contributed by atoms with E-state index in [0.717, 1.165) is 0 Å². The number of rotatable bonds is 3. The maximum Gasteiger partial charge on any atom is 0.0181 e. The van der Waals surface area contributed by atoms with Crippen molar-refractivity contribution in [3.8, 4) is 0 Å². The van der Waals surface area contributed by atoms with Crippen LogP contribution in [-0.2, 0) is 6.54 Å².